The minimum Gasteiger partial charge on any atom is -0.497 e. The first kappa shape index (κ1) is 43.4. The van der Waals surface area contributed by atoms with Gasteiger partial charge in [0.2, 0.25) is 6.79 Å². The Morgan fingerprint density at radius 1 is 0.898 bits per heavy atom. The SMILES string of the molecule is COc1cc(OCCO)c(F)c(C(Cc2ccc(C(=N)NC(=O)c3ccccc3)cc2)c2nc(OCOC(=O)C(C)(C)C(=O)OCC(C)(C)C)n(-c3ncccn3)n2)c1. The second kappa shape index (κ2) is 19.1. The second-order valence-corrected chi connectivity index (χ2v) is 14.9. The lowest BCUT2D eigenvalue weighted by Gasteiger charge is -2.24. The molecule has 59 heavy (non-hydrogen) atoms. The second-order valence-electron chi connectivity index (χ2n) is 14.9. The topological polar surface area (TPSA) is 210 Å². The third kappa shape index (κ3) is 11.2. The van der Waals surface area contributed by atoms with E-state index in [-0.39, 0.29) is 72.3 Å². The van der Waals surface area contributed by atoms with Gasteiger partial charge in [-0.2, -0.15) is 4.98 Å². The van der Waals surface area contributed by atoms with Gasteiger partial charge in [0.1, 0.15) is 18.2 Å². The summed E-state index contributed by atoms with van der Waals surface area (Å²) in [6, 6.07) is 19.4. The van der Waals surface area contributed by atoms with E-state index in [2.05, 4.69) is 25.4 Å². The summed E-state index contributed by atoms with van der Waals surface area (Å²) >= 11 is 0. The first-order valence-corrected chi connectivity index (χ1v) is 18.5. The maximum Gasteiger partial charge on any atom is 0.325 e. The van der Waals surface area contributed by atoms with E-state index in [4.69, 9.17) is 29.1 Å². The zero-order valence-corrected chi connectivity index (χ0v) is 33.5. The van der Waals surface area contributed by atoms with E-state index in [1.807, 2.05) is 20.8 Å². The molecule has 0 saturated carbocycles. The molecule has 2 heterocycles. The van der Waals surface area contributed by atoms with Gasteiger partial charge in [0.05, 0.1) is 26.2 Å². The number of benzene rings is 3. The van der Waals surface area contributed by atoms with Crippen molar-refractivity contribution in [3.05, 3.63) is 119 Å². The fraction of sp³-hybridized carbons (Fsp3) is 0.333. The minimum atomic E-state index is -1.66. The van der Waals surface area contributed by atoms with Gasteiger partial charge in [-0.15, -0.1) is 9.78 Å². The average molecular weight is 812 g/mol. The number of aliphatic hydroxyl groups is 1. The highest BCUT2D eigenvalue weighted by Gasteiger charge is 2.40. The molecule has 0 aliphatic rings. The quantitative estimate of drug-likeness (QED) is 0.0363. The Labute approximate surface area is 340 Å². The van der Waals surface area contributed by atoms with Crippen LogP contribution in [0.4, 0.5) is 4.39 Å². The third-order valence-corrected chi connectivity index (χ3v) is 8.64. The number of hydrogen-bond acceptors (Lipinski definition) is 14. The number of aliphatic hydroxyl groups excluding tert-OH is 1. The monoisotopic (exact) mass is 811 g/mol. The molecule has 3 aromatic carbocycles. The van der Waals surface area contributed by atoms with Gasteiger partial charge < -0.3 is 34.1 Å². The first-order chi connectivity index (χ1) is 28.1. The molecule has 1 atom stereocenters. The van der Waals surface area contributed by atoms with Crippen molar-refractivity contribution in [3.8, 4) is 23.5 Å². The van der Waals surface area contributed by atoms with Gasteiger partial charge in [-0.1, -0.05) is 63.2 Å². The molecule has 3 N–H and O–H groups in total. The number of hydrogen-bond donors (Lipinski definition) is 3. The normalized spacial score (nSPS) is 11.9. The molecule has 2 aromatic heterocycles. The number of halogens is 1. The molecule has 5 rings (SSSR count). The number of amides is 1. The van der Waals surface area contributed by atoms with Crippen LogP contribution in [0, 0.1) is 22.1 Å². The van der Waals surface area contributed by atoms with Gasteiger partial charge in [-0.3, -0.25) is 19.8 Å². The van der Waals surface area contributed by atoms with E-state index in [1.165, 1.54) is 45.5 Å². The molecule has 1 amide bonds. The van der Waals surface area contributed by atoms with Gasteiger partial charge in [0, 0.05) is 35.2 Å². The lowest BCUT2D eigenvalue weighted by Crippen LogP contribution is -2.38. The van der Waals surface area contributed by atoms with Crippen molar-refractivity contribution < 1.29 is 47.6 Å². The maximum atomic E-state index is 16.5. The van der Waals surface area contributed by atoms with Crippen molar-refractivity contribution >= 4 is 23.7 Å². The van der Waals surface area contributed by atoms with E-state index in [0.29, 0.717) is 16.7 Å². The van der Waals surface area contributed by atoms with E-state index in [9.17, 15) is 19.5 Å². The van der Waals surface area contributed by atoms with Crippen molar-refractivity contribution in [1.29, 1.82) is 5.41 Å². The Bertz CT molecular complexity index is 2240. The lowest BCUT2D eigenvalue weighted by molar-refractivity contribution is -0.175. The number of esters is 2. The summed E-state index contributed by atoms with van der Waals surface area (Å²) in [6.07, 6.45) is 3.00. The number of nitrogens with one attached hydrogen (secondary N) is 2. The van der Waals surface area contributed by atoms with Gasteiger partial charge >= 0.3 is 17.9 Å². The van der Waals surface area contributed by atoms with Crippen LogP contribution in [-0.4, -0.2) is 87.2 Å². The number of aromatic nitrogens is 5. The van der Waals surface area contributed by atoms with Crippen molar-refractivity contribution in [2.75, 3.05) is 33.7 Å². The Hall–Kier alpha value is -6.75. The Morgan fingerprint density at radius 2 is 1.58 bits per heavy atom. The van der Waals surface area contributed by atoms with Crippen LogP contribution >= 0.6 is 0 Å². The van der Waals surface area contributed by atoms with Crippen LogP contribution in [0.15, 0.2) is 85.2 Å². The molecule has 0 bridgehead atoms. The van der Waals surface area contributed by atoms with Crippen LogP contribution in [-0.2, 0) is 25.5 Å². The summed E-state index contributed by atoms with van der Waals surface area (Å²) in [5.74, 6) is -3.88. The Morgan fingerprint density at radius 3 is 2.22 bits per heavy atom. The van der Waals surface area contributed by atoms with E-state index >= 15 is 4.39 Å². The average Bonchev–Trinajstić information content (AvgIpc) is 3.65. The van der Waals surface area contributed by atoms with Crippen LogP contribution in [0.5, 0.6) is 17.5 Å². The van der Waals surface area contributed by atoms with Crippen LogP contribution in [0.2, 0.25) is 0 Å². The number of carbonyl (C=O) groups is 3. The number of nitrogens with zero attached hydrogens (tertiary/aromatic N) is 5. The molecule has 5 aromatic rings. The van der Waals surface area contributed by atoms with Gasteiger partial charge in [-0.25, -0.2) is 14.4 Å². The molecule has 17 heteroatoms. The molecular weight excluding hydrogens is 765 g/mol. The lowest BCUT2D eigenvalue weighted by atomic mass is 9.90. The number of methoxy groups -OCH3 is 1. The van der Waals surface area contributed by atoms with Crippen LogP contribution in [0.25, 0.3) is 5.95 Å². The van der Waals surface area contributed by atoms with Crippen LogP contribution in [0.3, 0.4) is 0 Å². The summed E-state index contributed by atoms with van der Waals surface area (Å²) in [6.45, 7) is 7.24. The Kier molecular flexibility index (Phi) is 14.1. The van der Waals surface area contributed by atoms with E-state index in [1.54, 1.807) is 60.7 Å². The minimum absolute atomic E-state index is 0.0240. The van der Waals surface area contributed by atoms with Gasteiger partial charge in [0.25, 0.3) is 11.9 Å². The summed E-state index contributed by atoms with van der Waals surface area (Å²) in [5.41, 5.74) is -0.457. The van der Waals surface area contributed by atoms with Gasteiger partial charge in [0.15, 0.2) is 22.8 Å². The fourth-order valence-electron chi connectivity index (χ4n) is 5.40. The summed E-state index contributed by atoms with van der Waals surface area (Å²) in [5, 5.41) is 25.1. The summed E-state index contributed by atoms with van der Waals surface area (Å²) in [4.78, 5) is 51.7. The number of amidine groups is 1. The summed E-state index contributed by atoms with van der Waals surface area (Å²) < 4.78 is 45.1. The molecule has 1 unspecified atom stereocenters. The highest BCUT2D eigenvalue weighted by Crippen LogP contribution is 2.37. The van der Waals surface area contributed by atoms with Crippen molar-refractivity contribution in [2.24, 2.45) is 10.8 Å². The maximum absolute atomic E-state index is 16.5. The fourth-order valence-corrected chi connectivity index (χ4v) is 5.40. The molecule has 0 aliphatic carbocycles. The zero-order chi connectivity index (χ0) is 42.7. The summed E-state index contributed by atoms with van der Waals surface area (Å²) in [7, 11) is 1.41. The highest BCUT2D eigenvalue weighted by atomic mass is 19.1. The zero-order valence-electron chi connectivity index (χ0n) is 33.5. The van der Waals surface area contributed by atoms with Crippen molar-refractivity contribution in [3.63, 3.8) is 0 Å². The molecule has 310 valence electrons. The predicted molar refractivity (Wildman–Crippen MR) is 211 cm³/mol. The first-order valence-electron chi connectivity index (χ1n) is 18.5. The molecule has 0 radical (unpaired) electrons. The molecule has 16 nitrogen and oxygen atoms in total. The van der Waals surface area contributed by atoms with Crippen molar-refractivity contribution in [2.45, 2.75) is 47.0 Å². The molecule has 0 saturated heterocycles. The van der Waals surface area contributed by atoms with Crippen LogP contribution < -0.4 is 19.5 Å². The predicted octanol–water partition coefficient (Wildman–Crippen LogP) is 5.20. The molecule has 0 aliphatic heterocycles. The largest absolute Gasteiger partial charge is 0.497 e. The number of rotatable bonds is 17. The highest BCUT2D eigenvalue weighted by molar-refractivity contribution is 6.11. The smallest absolute Gasteiger partial charge is 0.325 e. The van der Waals surface area contributed by atoms with Gasteiger partial charge in [-0.05, 0) is 55.5 Å². The van der Waals surface area contributed by atoms with Crippen LogP contribution in [0.1, 0.15) is 73.4 Å². The van der Waals surface area contributed by atoms with E-state index < -0.39 is 41.8 Å². The molecular formula is C42H46FN7O9. The number of carbonyl (C=O) groups excluding carboxylic acids is 3. The molecule has 0 fully saturated rings. The standard InChI is InChI=1S/C42H46FN7O9/c1-41(2,3)24-57-37(53)42(4,5)38(54)58-25-59-40-48-35(49-50(40)39-45-17-10-18-46-39)31(30-22-29(55-6)23-32(33(30)43)56-20-19-51)21-26-13-15-27(16-14-26)34(44)47-36(52)28-11-8-7-9-12-28/h7-18,22-23,31,51H,19-21,24-25H2,1-6H3,(H2,44,47,52). The third-order valence-electron chi connectivity index (χ3n) is 8.64. The van der Waals surface area contributed by atoms with E-state index in [0.717, 1.165) is 4.68 Å². The Balaban J connectivity index is 1.48. The van der Waals surface area contributed by atoms with Crippen molar-refractivity contribution in [1.82, 2.24) is 30.0 Å². The molecule has 0 spiro atoms. The number of ether oxygens (including phenoxy) is 5.